The molecule has 2 heterocycles. The second-order valence-corrected chi connectivity index (χ2v) is 7.50. The molecule has 1 saturated heterocycles. The fourth-order valence-electron chi connectivity index (χ4n) is 3.79. The molecular weight excluding hydrogens is 417 g/mol. The molecule has 0 aromatic heterocycles. The van der Waals surface area contributed by atoms with Crippen molar-refractivity contribution >= 4 is 23.4 Å². The van der Waals surface area contributed by atoms with E-state index in [0.29, 0.717) is 41.3 Å². The summed E-state index contributed by atoms with van der Waals surface area (Å²) in [6, 6.07) is 7.67. The summed E-state index contributed by atoms with van der Waals surface area (Å²) >= 11 is 0. The van der Waals surface area contributed by atoms with Crippen LogP contribution in [-0.4, -0.2) is 49.0 Å². The van der Waals surface area contributed by atoms with Gasteiger partial charge in [-0.3, -0.25) is 19.7 Å². The second kappa shape index (κ2) is 9.35. The lowest BCUT2D eigenvalue weighted by molar-refractivity contribution is -0.136. The van der Waals surface area contributed by atoms with Crippen molar-refractivity contribution in [1.82, 2.24) is 10.2 Å². The predicted molar refractivity (Wildman–Crippen MR) is 114 cm³/mol. The zero-order valence-corrected chi connectivity index (χ0v) is 17.6. The molecule has 0 bridgehead atoms. The first-order chi connectivity index (χ1) is 15.8. The zero-order chi connectivity index (χ0) is 23.6. The van der Waals surface area contributed by atoms with E-state index in [1.54, 1.807) is 37.4 Å². The highest BCUT2D eigenvalue weighted by Crippen LogP contribution is 2.32. The summed E-state index contributed by atoms with van der Waals surface area (Å²) in [7, 11) is 1.57. The highest BCUT2D eigenvalue weighted by Gasteiger charge is 2.39. The number of ether oxygens (including phenoxy) is 2. The van der Waals surface area contributed by atoms with E-state index in [2.05, 4.69) is 10.6 Å². The Morgan fingerprint density at radius 3 is 2.88 bits per heavy atom. The van der Waals surface area contributed by atoms with Gasteiger partial charge in [-0.1, -0.05) is 6.07 Å². The van der Waals surface area contributed by atoms with E-state index >= 15 is 0 Å². The summed E-state index contributed by atoms with van der Waals surface area (Å²) < 4.78 is 33.4. The minimum atomic E-state index is -1.86. The number of nitrogens with one attached hydrogen (secondary N) is 2. The fourth-order valence-corrected chi connectivity index (χ4v) is 3.79. The lowest BCUT2D eigenvalue weighted by atomic mass is 10.0. The Morgan fingerprint density at radius 1 is 1.25 bits per heavy atom. The van der Waals surface area contributed by atoms with Gasteiger partial charge in [0.1, 0.15) is 24.2 Å². The number of amides is 3. The van der Waals surface area contributed by atoms with Crippen LogP contribution in [0.4, 0.5) is 10.1 Å². The molecule has 0 radical (unpaired) electrons. The third kappa shape index (κ3) is 4.43. The monoisotopic (exact) mass is 442 g/mol. The van der Waals surface area contributed by atoms with Crippen LogP contribution in [0.25, 0.3) is 0 Å². The van der Waals surface area contributed by atoms with Crippen LogP contribution in [0, 0.1) is 5.82 Å². The number of piperidine rings is 1. The third-order valence-corrected chi connectivity index (χ3v) is 5.44. The van der Waals surface area contributed by atoms with Crippen LogP contribution < -0.4 is 15.4 Å². The molecule has 0 spiro atoms. The van der Waals surface area contributed by atoms with E-state index in [1.807, 2.05) is 0 Å². The summed E-state index contributed by atoms with van der Waals surface area (Å²) in [5, 5.41) is 5.31. The number of nitrogens with zero attached hydrogens (tertiary/aromatic N) is 1. The highest BCUT2D eigenvalue weighted by molar-refractivity contribution is 6.06. The maximum atomic E-state index is 14.3. The summed E-state index contributed by atoms with van der Waals surface area (Å²) in [6.45, 7) is 0.923. The first-order valence-corrected chi connectivity index (χ1v) is 10.3. The maximum Gasteiger partial charge on any atom is 0.255 e. The van der Waals surface area contributed by atoms with Gasteiger partial charge in [-0.05, 0) is 36.8 Å². The third-order valence-electron chi connectivity index (χ3n) is 5.44. The van der Waals surface area contributed by atoms with Gasteiger partial charge in [0.15, 0.2) is 0 Å². The molecule has 2 aromatic carbocycles. The number of imide groups is 1. The van der Waals surface area contributed by atoms with Gasteiger partial charge in [-0.2, -0.15) is 0 Å². The number of benzene rings is 2. The maximum absolute atomic E-state index is 14.3. The Morgan fingerprint density at radius 2 is 2.09 bits per heavy atom. The number of methoxy groups -OCH3 is 1. The van der Waals surface area contributed by atoms with Crippen molar-refractivity contribution < 1.29 is 29.6 Å². The standard InChI is InChI=1S/C23H24FN3O5/c1-31-9-10-32-15-5-6-18(24)14(11-15)12-25-19-4-2-3-16-17(19)13-27(23(16)30)20-7-8-21(28)26-22(20)29/h2-6,11,20,25H,7-10,12-13H2,1H3,(H,26,28,29)/t20-/m0/s1/i20D. The molecule has 1 fully saturated rings. The second-order valence-electron chi connectivity index (χ2n) is 7.50. The number of fused-ring (bicyclic) bond motifs is 1. The normalized spacial score (nSPS) is 20.6. The topological polar surface area (TPSA) is 97.0 Å². The Balaban J connectivity index is 1.51. The van der Waals surface area contributed by atoms with Crippen molar-refractivity contribution in [3.05, 3.63) is 58.9 Å². The number of rotatable bonds is 8. The number of carbonyl (C=O) groups excluding carboxylic acids is 3. The number of carbonyl (C=O) groups is 3. The van der Waals surface area contributed by atoms with Crippen molar-refractivity contribution in [3.63, 3.8) is 0 Å². The fraction of sp³-hybridized carbons (Fsp3) is 0.348. The Labute approximate surface area is 186 Å². The van der Waals surface area contributed by atoms with Gasteiger partial charge >= 0.3 is 0 Å². The summed E-state index contributed by atoms with van der Waals surface area (Å²) in [4.78, 5) is 38.1. The molecule has 0 saturated carbocycles. The average molecular weight is 442 g/mol. The van der Waals surface area contributed by atoms with Crippen molar-refractivity contribution in [2.24, 2.45) is 0 Å². The Bertz CT molecular complexity index is 1110. The summed E-state index contributed by atoms with van der Waals surface area (Å²) in [5.74, 6) is -1.60. The van der Waals surface area contributed by atoms with Crippen LogP contribution in [0.2, 0.25) is 0 Å². The molecule has 3 amide bonds. The van der Waals surface area contributed by atoms with Gasteiger partial charge in [0.2, 0.25) is 11.8 Å². The highest BCUT2D eigenvalue weighted by atomic mass is 19.1. The van der Waals surface area contributed by atoms with Crippen LogP contribution in [0.5, 0.6) is 5.75 Å². The van der Waals surface area contributed by atoms with Gasteiger partial charge in [0, 0.05) is 49.0 Å². The molecule has 168 valence electrons. The van der Waals surface area contributed by atoms with E-state index < -0.39 is 29.6 Å². The van der Waals surface area contributed by atoms with Gasteiger partial charge < -0.3 is 19.7 Å². The molecular formula is C23H24FN3O5. The van der Waals surface area contributed by atoms with E-state index in [1.165, 1.54) is 11.0 Å². The van der Waals surface area contributed by atoms with Gasteiger partial charge in [0.25, 0.3) is 5.91 Å². The average Bonchev–Trinajstić information content (AvgIpc) is 3.15. The predicted octanol–water partition coefficient (Wildman–Crippen LogP) is 2.22. The van der Waals surface area contributed by atoms with Crippen molar-refractivity contribution in [2.45, 2.75) is 31.9 Å². The van der Waals surface area contributed by atoms with E-state index in [0.717, 1.165) is 0 Å². The zero-order valence-electron chi connectivity index (χ0n) is 18.6. The van der Waals surface area contributed by atoms with Crippen molar-refractivity contribution in [2.75, 3.05) is 25.6 Å². The van der Waals surface area contributed by atoms with Gasteiger partial charge in [-0.15, -0.1) is 0 Å². The number of anilines is 1. The van der Waals surface area contributed by atoms with Crippen LogP contribution >= 0.6 is 0 Å². The SMILES string of the molecule is [2H][C@]1(N2Cc3c(NCc4cc(OCCOC)ccc4F)cccc3C2=O)CCC(=O)NC1=O. The van der Waals surface area contributed by atoms with Crippen molar-refractivity contribution in [3.8, 4) is 5.75 Å². The molecule has 2 aliphatic heterocycles. The molecule has 0 unspecified atom stereocenters. The minimum Gasteiger partial charge on any atom is -0.491 e. The van der Waals surface area contributed by atoms with Gasteiger partial charge in [0.05, 0.1) is 7.98 Å². The molecule has 2 N–H and O–H groups in total. The van der Waals surface area contributed by atoms with Crippen LogP contribution in [-0.2, 0) is 27.4 Å². The number of halogens is 1. The molecule has 8 nitrogen and oxygen atoms in total. The molecule has 2 aliphatic rings. The first-order valence-electron chi connectivity index (χ1n) is 10.8. The smallest absolute Gasteiger partial charge is 0.255 e. The molecule has 4 rings (SSSR count). The number of hydrogen-bond donors (Lipinski definition) is 2. The molecule has 32 heavy (non-hydrogen) atoms. The van der Waals surface area contributed by atoms with Gasteiger partial charge in [-0.25, -0.2) is 4.39 Å². The molecule has 9 heteroatoms. The van der Waals surface area contributed by atoms with Crippen LogP contribution in [0.1, 0.15) is 35.7 Å². The molecule has 0 aliphatic carbocycles. The summed E-state index contributed by atoms with van der Waals surface area (Å²) in [5.41, 5.74) is 1.97. The number of hydrogen-bond acceptors (Lipinski definition) is 6. The summed E-state index contributed by atoms with van der Waals surface area (Å²) in [6.07, 6.45) is -0.0796. The largest absolute Gasteiger partial charge is 0.491 e. The van der Waals surface area contributed by atoms with E-state index in [-0.39, 0.29) is 25.9 Å². The Hall–Kier alpha value is -3.46. The minimum absolute atomic E-state index is 0.0114. The van der Waals surface area contributed by atoms with E-state index in [9.17, 15) is 18.8 Å². The Kier molecular flexibility index (Phi) is 5.98. The molecule has 1 atom stereocenters. The molecule has 2 aromatic rings. The van der Waals surface area contributed by atoms with E-state index in [4.69, 9.17) is 10.8 Å². The lowest BCUT2D eigenvalue weighted by Gasteiger charge is -2.29. The first kappa shape index (κ1) is 20.4. The van der Waals surface area contributed by atoms with Crippen molar-refractivity contribution in [1.29, 1.82) is 0 Å². The van der Waals surface area contributed by atoms with Crippen LogP contribution in [0.15, 0.2) is 36.4 Å². The quantitative estimate of drug-likeness (QED) is 0.481. The lowest BCUT2D eigenvalue weighted by Crippen LogP contribution is -2.52. The van der Waals surface area contributed by atoms with Crippen LogP contribution in [0.3, 0.4) is 0 Å².